The molecule has 7 nitrogen and oxygen atoms in total. The van der Waals surface area contributed by atoms with Crippen LogP contribution in [0.4, 0.5) is 4.79 Å². The van der Waals surface area contributed by atoms with Crippen LogP contribution in [0.1, 0.15) is 13.8 Å². The summed E-state index contributed by atoms with van der Waals surface area (Å²) in [4.78, 5) is 33.6. The van der Waals surface area contributed by atoms with Crippen molar-refractivity contribution in [3.05, 3.63) is 12.7 Å². The number of urea groups is 1. The molecule has 0 bridgehead atoms. The Balaban J connectivity index is 2.55. The van der Waals surface area contributed by atoms with E-state index < -0.39 is 6.04 Å². The van der Waals surface area contributed by atoms with Crippen molar-refractivity contribution in [1.82, 2.24) is 14.7 Å². The van der Waals surface area contributed by atoms with E-state index in [1.807, 2.05) is 18.7 Å². The lowest BCUT2D eigenvalue weighted by molar-refractivity contribution is -0.526. The van der Waals surface area contributed by atoms with E-state index in [0.29, 0.717) is 12.4 Å². The van der Waals surface area contributed by atoms with Crippen LogP contribution in [0.3, 0.4) is 0 Å². The number of imide groups is 1. The zero-order valence-corrected chi connectivity index (χ0v) is 13.0. The van der Waals surface area contributed by atoms with Gasteiger partial charge >= 0.3 is 12.0 Å². The van der Waals surface area contributed by atoms with Crippen molar-refractivity contribution in [1.29, 1.82) is 0 Å². The van der Waals surface area contributed by atoms with Gasteiger partial charge in [0.25, 0.3) is 5.91 Å². The van der Waals surface area contributed by atoms with Crippen LogP contribution in [0.25, 0.3) is 0 Å². The summed E-state index contributed by atoms with van der Waals surface area (Å²) in [6.45, 7) is 9.90. The molecule has 1 saturated heterocycles. The fraction of sp³-hybridized carbons (Fsp3) is 0.571. The molecule has 2 aliphatic rings. The SMILES string of the molecule is C=CCN1C(=[N+](CC)CC)N=C2C1C(=O)N(C)C(=O)N2C. The highest BCUT2D eigenvalue weighted by atomic mass is 16.2. The first-order valence-electron chi connectivity index (χ1n) is 7.11. The molecule has 0 aliphatic carbocycles. The van der Waals surface area contributed by atoms with Gasteiger partial charge in [0.15, 0.2) is 0 Å². The zero-order valence-electron chi connectivity index (χ0n) is 13.0. The lowest BCUT2D eigenvalue weighted by atomic mass is 10.1. The van der Waals surface area contributed by atoms with Gasteiger partial charge in [-0.15, -0.1) is 0 Å². The molecule has 2 heterocycles. The molecule has 0 aromatic heterocycles. The topological polar surface area (TPSA) is 59.2 Å². The highest BCUT2D eigenvalue weighted by molar-refractivity contribution is 6.25. The van der Waals surface area contributed by atoms with E-state index in [2.05, 4.69) is 16.1 Å². The van der Waals surface area contributed by atoms with Gasteiger partial charge in [-0.25, -0.2) is 9.69 Å². The third-order valence-electron chi connectivity index (χ3n) is 3.88. The molecule has 2 rings (SSSR count). The standard InChI is InChI=1S/C14H22N5O2/c1-6-9-19-10-11(15-13(19)18(7-2)8-3)16(4)14(21)17(5)12(10)20/h6,10H,1,7-9H2,2-5H3/q+1. The van der Waals surface area contributed by atoms with Crippen LogP contribution >= 0.6 is 0 Å². The summed E-state index contributed by atoms with van der Waals surface area (Å²) in [7, 11) is 3.15. The Kier molecular flexibility index (Phi) is 4.11. The minimum atomic E-state index is -0.550. The predicted octanol–water partition coefficient (Wildman–Crippen LogP) is 0.187. The maximum Gasteiger partial charge on any atom is 0.392 e. The van der Waals surface area contributed by atoms with Crippen molar-refractivity contribution in [3.63, 3.8) is 0 Å². The number of hydrogen-bond donors (Lipinski definition) is 0. The maximum absolute atomic E-state index is 12.5. The first kappa shape index (κ1) is 15.2. The third-order valence-corrected chi connectivity index (χ3v) is 3.88. The van der Waals surface area contributed by atoms with Crippen LogP contribution in [-0.2, 0) is 4.79 Å². The van der Waals surface area contributed by atoms with Gasteiger partial charge in [-0.2, -0.15) is 0 Å². The molecule has 0 saturated carbocycles. The van der Waals surface area contributed by atoms with Gasteiger partial charge in [-0.3, -0.25) is 19.2 Å². The number of guanidine groups is 1. The number of likely N-dealkylation sites (N-methyl/N-ethyl adjacent to an activating group) is 2. The molecule has 2 aliphatic heterocycles. The Morgan fingerprint density at radius 2 is 1.86 bits per heavy atom. The summed E-state index contributed by atoms with van der Waals surface area (Å²) in [5, 5.41) is 0. The van der Waals surface area contributed by atoms with E-state index in [-0.39, 0.29) is 11.9 Å². The van der Waals surface area contributed by atoms with Crippen molar-refractivity contribution in [2.45, 2.75) is 19.9 Å². The van der Waals surface area contributed by atoms with Gasteiger partial charge in [0.05, 0.1) is 19.6 Å². The zero-order chi connectivity index (χ0) is 15.7. The monoisotopic (exact) mass is 292 g/mol. The molecule has 0 radical (unpaired) electrons. The van der Waals surface area contributed by atoms with E-state index >= 15 is 0 Å². The van der Waals surface area contributed by atoms with Crippen molar-refractivity contribution in [3.8, 4) is 0 Å². The molecule has 0 aromatic carbocycles. The Morgan fingerprint density at radius 3 is 2.38 bits per heavy atom. The fourth-order valence-corrected chi connectivity index (χ4v) is 2.67. The second kappa shape index (κ2) is 5.67. The van der Waals surface area contributed by atoms with Crippen LogP contribution in [0.5, 0.6) is 0 Å². The lowest BCUT2D eigenvalue weighted by Gasteiger charge is -2.32. The van der Waals surface area contributed by atoms with E-state index in [1.165, 1.54) is 11.9 Å². The number of carbonyl (C=O) groups is 2. The average molecular weight is 292 g/mol. The normalized spacial score (nSPS) is 21.7. The van der Waals surface area contributed by atoms with Gasteiger partial charge in [0.1, 0.15) is 0 Å². The minimum Gasteiger partial charge on any atom is -0.270 e. The summed E-state index contributed by atoms with van der Waals surface area (Å²) < 4.78 is 2.07. The quantitative estimate of drug-likeness (QED) is 0.549. The second-order valence-corrected chi connectivity index (χ2v) is 5.02. The number of fused-ring (bicyclic) bond motifs is 1. The fourth-order valence-electron chi connectivity index (χ4n) is 2.67. The number of nitrogens with zero attached hydrogens (tertiary/aromatic N) is 5. The number of hydrogen-bond acceptors (Lipinski definition) is 2. The maximum atomic E-state index is 12.5. The van der Waals surface area contributed by atoms with Gasteiger partial charge in [0, 0.05) is 14.1 Å². The second-order valence-electron chi connectivity index (χ2n) is 5.02. The summed E-state index contributed by atoms with van der Waals surface area (Å²) >= 11 is 0. The van der Waals surface area contributed by atoms with Crippen LogP contribution in [0, 0.1) is 0 Å². The summed E-state index contributed by atoms with van der Waals surface area (Å²) in [6, 6.07) is -0.902. The molecular weight excluding hydrogens is 270 g/mol. The molecule has 7 heteroatoms. The molecule has 1 fully saturated rings. The molecule has 0 aromatic rings. The van der Waals surface area contributed by atoms with Crippen molar-refractivity contribution >= 4 is 23.7 Å². The lowest BCUT2D eigenvalue weighted by Crippen LogP contribution is -2.62. The van der Waals surface area contributed by atoms with Crippen molar-refractivity contribution < 1.29 is 14.2 Å². The number of carbonyl (C=O) groups excluding carboxylic acids is 2. The molecule has 0 spiro atoms. The highest BCUT2D eigenvalue weighted by Crippen LogP contribution is 2.22. The Morgan fingerprint density at radius 1 is 1.24 bits per heavy atom. The molecule has 3 amide bonds. The molecule has 114 valence electrons. The average Bonchev–Trinajstić information content (AvgIpc) is 2.84. The largest absolute Gasteiger partial charge is 0.392 e. The van der Waals surface area contributed by atoms with E-state index in [1.54, 1.807) is 13.1 Å². The van der Waals surface area contributed by atoms with Crippen LogP contribution in [0.15, 0.2) is 17.6 Å². The molecule has 1 atom stereocenters. The van der Waals surface area contributed by atoms with Gasteiger partial charge in [-0.05, 0) is 13.8 Å². The molecule has 21 heavy (non-hydrogen) atoms. The van der Waals surface area contributed by atoms with E-state index in [9.17, 15) is 9.59 Å². The number of amides is 3. The molecular formula is C14H22N5O2+. The Bertz CT molecular complexity index is 546. The predicted molar refractivity (Wildman–Crippen MR) is 80.4 cm³/mol. The smallest absolute Gasteiger partial charge is 0.270 e. The highest BCUT2D eigenvalue weighted by Gasteiger charge is 2.54. The van der Waals surface area contributed by atoms with Crippen molar-refractivity contribution in [2.75, 3.05) is 33.7 Å². The van der Waals surface area contributed by atoms with Crippen LogP contribution in [0.2, 0.25) is 0 Å². The molecule has 1 unspecified atom stereocenters. The first-order valence-corrected chi connectivity index (χ1v) is 7.11. The third kappa shape index (κ3) is 2.22. The van der Waals surface area contributed by atoms with Crippen molar-refractivity contribution in [2.24, 2.45) is 4.99 Å². The first-order chi connectivity index (χ1) is 9.97. The van der Waals surface area contributed by atoms with Gasteiger partial charge in [-0.1, -0.05) is 17.6 Å². The van der Waals surface area contributed by atoms with Crippen LogP contribution < -0.4 is 0 Å². The Labute approximate surface area is 124 Å². The summed E-state index contributed by atoms with van der Waals surface area (Å²) in [5.41, 5.74) is 0. The van der Waals surface area contributed by atoms with E-state index in [4.69, 9.17) is 0 Å². The van der Waals surface area contributed by atoms with Gasteiger partial charge < -0.3 is 0 Å². The summed E-state index contributed by atoms with van der Waals surface area (Å²) in [5.74, 6) is 0.968. The Hall–Kier alpha value is -2.18. The van der Waals surface area contributed by atoms with Crippen LogP contribution in [-0.4, -0.2) is 82.8 Å². The number of amidine groups is 1. The van der Waals surface area contributed by atoms with Gasteiger partial charge in [0.2, 0.25) is 11.9 Å². The number of rotatable bonds is 4. The number of aliphatic imine (C=N–C) groups is 1. The minimum absolute atomic E-state index is 0.249. The molecule has 0 N–H and O–H groups in total. The summed E-state index contributed by atoms with van der Waals surface area (Å²) in [6.07, 6.45) is 1.74. The van der Waals surface area contributed by atoms with E-state index in [0.717, 1.165) is 23.9 Å².